The topological polar surface area (TPSA) is 15.8 Å². The molecule has 1 aromatic heterocycles. The first kappa shape index (κ1) is 9.02. The Hall–Kier alpha value is -2.24. The second-order valence-corrected chi connectivity index (χ2v) is 3.79. The minimum atomic E-state index is 1.13. The maximum Gasteiger partial charge on any atom is 0.0544 e. The molecule has 1 heteroatoms. The molecule has 1 N–H and O–H groups in total. The summed E-state index contributed by atoms with van der Waals surface area (Å²) in [5, 5.41) is 2.51. The summed E-state index contributed by atoms with van der Waals surface area (Å²) in [5.74, 6) is 0. The minimum Gasteiger partial charge on any atom is -0.354 e. The number of rotatable bonds is 1. The van der Waals surface area contributed by atoms with Crippen LogP contribution >= 0.6 is 0 Å². The summed E-state index contributed by atoms with van der Waals surface area (Å²) in [4.78, 5) is 3.43. The zero-order chi connectivity index (χ0) is 11.0. The Labute approximate surface area is 93.7 Å². The van der Waals surface area contributed by atoms with Crippen molar-refractivity contribution in [2.24, 2.45) is 0 Å². The molecule has 0 atom stereocenters. The average Bonchev–Trinajstić information content (AvgIpc) is 2.69. The van der Waals surface area contributed by atoms with Gasteiger partial charge in [0.15, 0.2) is 0 Å². The molecule has 16 heavy (non-hydrogen) atoms. The molecule has 0 fully saturated rings. The Balaban J connectivity index is 2.53. The van der Waals surface area contributed by atoms with Crippen LogP contribution in [0.1, 0.15) is 5.56 Å². The van der Waals surface area contributed by atoms with Crippen molar-refractivity contribution in [2.75, 3.05) is 0 Å². The zero-order valence-corrected chi connectivity index (χ0v) is 8.83. The third-order valence-electron chi connectivity index (χ3n) is 2.83. The quantitative estimate of drug-likeness (QED) is 0.575. The number of hydrogen-bond donors (Lipinski definition) is 1. The van der Waals surface area contributed by atoms with Crippen molar-refractivity contribution in [3.05, 3.63) is 60.3 Å². The number of para-hydroxylation sites is 2. The van der Waals surface area contributed by atoms with Gasteiger partial charge in [-0.1, -0.05) is 43.0 Å². The number of hydrogen-bond acceptors (Lipinski definition) is 0. The third kappa shape index (κ3) is 1.19. The smallest absolute Gasteiger partial charge is 0.0544 e. The van der Waals surface area contributed by atoms with Crippen LogP contribution in [0.4, 0.5) is 0 Å². The average molecular weight is 205 g/mol. The van der Waals surface area contributed by atoms with E-state index in [4.69, 9.17) is 0 Å². The monoisotopic (exact) mass is 205 g/mol. The lowest BCUT2D eigenvalue weighted by atomic mass is 10.1. The molecule has 0 aliphatic carbocycles. The molecule has 0 amide bonds. The molecule has 0 aliphatic heterocycles. The van der Waals surface area contributed by atoms with Crippen molar-refractivity contribution in [3.63, 3.8) is 0 Å². The lowest BCUT2D eigenvalue weighted by Crippen LogP contribution is -1.74. The zero-order valence-electron chi connectivity index (χ0n) is 8.83. The van der Waals surface area contributed by atoms with Gasteiger partial charge in [0.1, 0.15) is 0 Å². The lowest BCUT2D eigenvalue weighted by molar-refractivity contribution is 1.53. The van der Waals surface area contributed by atoms with Gasteiger partial charge >= 0.3 is 0 Å². The summed E-state index contributed by atoms with van der Waals surface area (Å²) in [6, 6.07) is 14.6. The predicted octanol–water partition coefficient (Wildman–Crippen LogP) is 4.12. The highest BCUT2D eigenvalue weighted by Crippen LogP contribution is 2.27. The van der Waals surface area contributed by atoms with Crippen LogP contribution in [0.2, 0.25) is 0 Å². The summed E-state index contributed by atoms with van der Waals surface area (Å²) in [6.07, 6.45) is 1.90. The fourth-order valence-electron chi connectivity index (χ4n) is 2.13. The first-order valence-electron chi connectivity index (χ1n) is 5.25. The lowest BCUT2D eigenvalue weighted by Gasteiger charge is -1.94. The van der Waals surface area contributed by atoms with Gasteiger partial charge in [0, 0.05) is 21.9 Å². The molecule has 0 radical (unpaired) electrons. The maximum atomic E-state index is 3.62. The van der Waals surface area contributed by atoms with E-state index in [0.717, 1.165) is 11.1 Å². The first-order valence-corrected chi connectivity index (χ1v) is 5.25. The van der Waals surface area contributed by atoms with Crippen molar-refractivity contribution in [1.82, 2.24) is 4.98 Å². The van der Waals surface area contributed by atoms with E-state index < -0.39 is 0 Å². The molecule has 0 saturated carbocycles. The molecule has 1 nitrogen and oxygen atoms in total. The van der Waals surface area contributed by atoms with Gasteiger partial charge in [0.05, 0.1) is 5.52 Å². The van der Waals surface area contributed by atoms with Crippen molar-refractivity contribution >= 4 is 27.9 Å². The number of benzene rings is 2. The number of fused-ring (bicyclic) bond motifs is 3. The molecule has 0 bridgehead atoms. The molecular formula is C15H11N. The molecule has 1 heterocycles. The Bertz CT molecular complexity index is 712. The molecule has 0 aliphatic rings. The van der Waals surface area contributed by atoms with Crippen LogP contribution < -0.4 is 0 Å². The molecule has 3 rings (SSSR count). The van der Waals surface area contributed by atoms with Gasteiger partial charge in [-0.3, -0.25) is 0 Å². The summed E-state index contributed by atoms with van der Waals surface area (Å²) in [7, 11) is 0. The van der Waals surface area contributed by atoms with E-state index in [9.17, 15) is 0 Å². The highest BCUT2D eigenvalue weighted by atomic mass is 14.7. The molecule has 0 unspecified atom stereocenters. The SMILES string of the molecule is C=C=Cc1cccc2c1[nH]c1ccccc12. The largest absolute Gasteiger partial charge is 0.354 e. The molecule has 2 aromatic carbocycles. The highest BCUT2D eigenvalue weighted by Gasteiger charge is 2.04. The normalized spacial score (nSPS) is 10.5. The number of nitrogens with one attached hydrogen (secondary N) is 1. The Morgan fingerprint density at radius 2 is 1.81 bits per heavy atom. The van der Waals surface area contributed by atoms with Gasteiger partial charge in [0.2, 0.25) is 0 Å². The van der Waals surface area contributed by atoms with Gasteiger partial charge in [-0.25, -0.2) is 0 Å². The van der Waals surface area contributed by atoms with Crippen LogP contribution in [-0.2, 0) is 0 Å². The molecule has 0 spiro atoms. The summed E-state index contributed by atoms with van der Waals surface area (Å²) < 4.78 is 0. The van der Waals surface area contributed by atoms with E-state index in [1.807, 2.05) is 12.1 Å². The van der Waals surface area contributed by atoms with Crippen LogP contribution in [-0.4, -0.2) is 4.98 Å². The fraction of sp³-hybridized carbons (Fsp3) is 0. The van der Waals surface area contributed by atoms with Gasteiger partial charge < -0.3 is 4.98 Å². The standard InChI is InChI=1S/C15H11N/c1-2-6-11-7-5-9-13-12-8-3-4-10-14(12)16-15(11)13/h3-10,16H,1H2. The number of aromatic amines is 1. The Kier molecular flexibility index (Phi) is 1.92. The second-order valence-electron chi connectivity index (χ2n) is 3.79. The van der Waals surface area contributed by atoms with Crippen LogP contribution in [0.25, 0.3) is 27.9 Å². The van der Waals surface area contributed by atoms with E-state index in [2.05, 4.69) is 53.7 Å². The van der Waals surface area contributed by atoms with Crippen LogP contribution in [0.15, 0.2) is 54.8 Å². The van der Waals surface area contributed by atoms with Crippen LogP contribution in [0.3, 0.4) is 0 Å². The van der Waals surface area contributed by atoms with Gasteiger partial charge in [-0.15, -0.1) is 5.73 Å². The van der Waals surface area contributed by atoms with E-state index in [-0.39, 0.29) is 0 Å². The molecular weight excluding hydrogens is 194 g/mol. The Morgan fingerprint density at radius 1 is 1.00 bits per heavy atom. The van der Waals surface area contributed by atoms with Crippen molar-refractivity contribution in [1.29, 1.82) is 0 Å². The summed E-state index contributed by atoms with van der Waals surface area (Å²) in [5.41, 5.74) is 6.28. The minimum absolute atomic E-state index is 1.13. The summed E-state index contributed by atoms with van der Waals surface area (Å²) in [6.45, 7) is 3.62. The first-order chi connectivity index (χ1) is 7.90. The maximum absolute atomic E-state index is 3.62. The van der Waals surface area contributed by atoms with E-state index in [0.29, 0.717) is 0 Å². The Morgan fingerprint density at radius 3 is 2.69 bits per heavy atom. The van der Waals surface area contributed by atoms with Gasteiger partial charge in [0.25, 0.3) is 0 Å². The summed E-state index contributed by atoms with van der Waals surface area (Å²) >= 11 is 0. The third-order valence-corrected chi connectivity index (χ3v) is 2.83. The highest BCUT2D eigenvalue weighted by molar-refractivity contribution is 6.09. The number of H-pyrrole nitrogens is 1. The van der Waals surface area contributed by atoms with E-state index >= 15 is 0 Å². The fourth-order valence-corrected chi connectivity index (χ4v) is 2.13. The molecule has 76 valence electrons. The predicted molar refractivity (Wildman–Crippen MR) is 69.4 cm³/mol. The second kappa shape index (κ2) is 3.41. The molecule has 3 aromatic rings. The van der Waals surface area contributed by atoms with Crippen LogP contribution in [0, 0.1) is 0 Å². The van der Waals surface area contributed by atoms with Gasteiger partial charge in [-0.2, -0.15) is 0 Å². The van der Waals surface area contributed by atoms with Crippen molar-refractivity contribution in [2.45, 2.75) is 0 Å². The van der Waals surface area contributed by atoms with Crippen molar-refractivity contribution in [3.8, 4) is 0 Å². The van der Waals surface area contributed by atoms with Gasteiger partial charge in [-0.05, 0) is 12.1 Å². The van der Waals surface area contributed by atoms with E-state index in [1.165, 1.54) is 16.3 Å². The van der Waals surface area contributed by atoms with Crippen LogP contribution in [0.5, 0.6) is 0 Å². The van der Waals surface area contributed by atoms with E-state index in [1.54, 1.807) is 0 Å². The molecule has 0 saturated heterocycles. The number of aromatic nitrogens is 1. The van der Waals surface area contributed by atoms with Crippen molar-refractivity contribution < 1.29 is 0 Å².